The molecule has 0 amide bonds. The molecule has 1 aromatic carbocycles. The summed E-state index contributed by atoms with van der Waals surface area (Å²) in [5.74, 6) is 1.32. The lowest BCUT2D eigenvalue weighted by Crippen LogP contribution is -2.31. The third kappa shape index (κ3) is 4.38. The molecular weight excluding hydrogens is 289 g/mol. The van der Waals surface area contributed by atoms with Crippen molar-refractivity contribution in [2.45, 2.75) is 57.9 Å². The second-order valence-electron chi connectivity index (χ2n) is 6.24. The van der Waals surface area contributed by atoms with Crippen LogP contribution in [0.2, 0.25) is 10.0 Å². The highest BCUT2D eigenvalue weighted by atomic mass is 35.5. The Kier molecular flexibility index (Phi) is 6.20. The van der Waals surface area contributed by atoms with Crippen LogP contribution in [0, 0.1) is 5.92 Å². The third-order valence-corrected chi connectivity index (χ3v) is 5.06. The van der Waals surface area contributed by atoms with E-state index in [9.17, 15) is 0 Å². The highest BCUT2D eigenvalue weighted by Gasteiger charge is 2.25. The minimum atomic E-state index is 0.549. The number of rotatable bonds is 4. The molecule has 0 aliphatic heterocycles. The lowest BCUT2D eigenvalue weighted by atomic mass is 9.82. The van der Waals surface area contributed by atoms with Crippen molar-refractivity contribution < 1.29 is 0 Å². The summed E-state index contributed by atoms with van der Waals surface area (Å²) < 4.78 is 0. The largest absolute Gasteiger partial charge is 0.314 e. The van der Waals surface area contributed by atoms with Crippen LogP contribution in [0.3, 0.4) is 0 Å². The molecule has 112 valence electrons. The quantitative estimate of drug-likeness (QED) is 0.708. The van der Waals surface area contributed by atoms with E-state index in [1.807, 2.05) is 6.07 Å². The minimum Gasteiger partial charge on any atom is -0.314 e. The molecule has 0 saturated heterocycles. The molecule has 1 aliphatic rings. The summed E-state index contributed by atoms with van der Waals surface area (Å²) in [5, 5.41) is 4.95. The Bertz CT molecular complexity index is 431. The van der Waals surface area contributed by atoms with Crippen molar-refractivity contribution in [3.05, 3.63) is 33.8 Å². The average Bonchev–Trinajstić information content (AvgIpc) is 2.65. The number of halogens is 2. The van der Waals surface area contributed by atoms with Crippen molar-refractivity contribution in [3.8, 4) is 0 Å². The lowest BCUT2D eigenvalue weighted by Gasteiger charge is -2.27. The van der Waals surface area contributed by atoms with Crippen LogP contribution < -0.4 is 5.32 Å². The summed E-state index contributed by atoms with van der Waals surface area (Å²) >= 11 is 12.2. The molecule has 20 heavy (non-hydrogen) atoms. The zero-order chi connectivity index (χ0) is 14.5. The molecule has 1 fully saturated rings. The van der Waals surface area contributed by atoms with E-state index in [1.165, 1.54) is 37.7 Å². The molecule has 1 N–H and O–H groups in total. The second-order valence-corrected chi connectivity index (χ2v) is 7.06. The zero-order valence-corrected chi connectivity index (χ0v) is 14.0. The molecule has 1 aliphatic carbocycles. The normalized spacial score (nSPS) is 23.9. The van der Waals surface area contributed by atoms with Crippen molar-refractivity contribution >= 4 is 23.2 Å². The molecule has 0 spiro atoms. The van der Waals surface area contributed by atoms with E-state index in [1.54, 1.807) is 0 Å². The molecule has 2 unspecified atom stereocenters. The monoisotopic (exact) mass is 313 g/mol. The number of nitrogens with one attached hydrogen (secondary N) is 1. The Morgan fingerprint density at radius 3 is 2.55 bits per heavy atom. The summed E-state index contributed by atoms with van der Waals surface area (Å²) in [4.78, 5) is 0. The van der Waals surface area contributed by atoms with E-state index in [2.05, 4.69) is 31.3 Å². The Balaban J connectivity index is 2.16. The summed E-state index contributed by atoms with van der Waals surface area (Å²) in [7, 11) is 0. The molecule has 2 rings (SSSR count). The summed E-state index contributed by atoms with van der Waals surface area (Å²) in [6.45, 7) is 5.53. The van der Waals surface area contributed by atoms with Gasteiger partial charge >= 0.3 is 0 Å². The average molecular weight is 314 g/mol. The van der Waals surface area contributed by atoms with Gasteiger partial charge in [0.05, 0.1) is 10.0 Å². The molecule has 0 aromatic heterocycles. The lowest BCUT2D eigenvalue weighted by molar-refractivity contribution is 0.363. The standard InChI is InChI=1S/C17H25Cl2N/c1-12(2)20-11-14-6-4-3-5-7-15(14)13-8-9-16(18)17(19)10-13/h8-10,12,14-15,20H,3-7,11H2,1-2H3. The first-order valence-corrected chi connectivity index (χ1v) is 8.52. The first-order valence-electron chi connectivity index (χ1n) is 7.76. The van der Waals surface area contributed by atoms with Crippen LogP contribution >= 0.6 is 23.2 Å². The van der Waals surface area contributed by atoms with Gasteiger partial charge < -0.3 is 5.32 Å². The highest BCUT2D eigenvalue weighted by Crippen LogP contribution is 2.38. The maximum absolute atomic E-state index is 6.20. The first-order chi connectivity index (χ1) is 9.58. The van der Waals surface area contributed by atoms with Crippen molar-refractivity contribution in [1.29, 1.82) is 0 Å². The van der Waals surface area contributed by atoms with E-state index in [4.69, 9.17) is 23.2 Å². The molecule has 2 atom stereocenters. The minimum absolute atomic E-state index is 0.549. The second kappa shape index (κ2) is 7.68. The van der Waals surface area contributed by atoms with Crippen LogP contribution in [0.25, 0.3) is 0 Å². The number of hydrogen-bond acceptors (Lipinski definition) is 1. The fourth-order valence-electron chi connectivity index (χ4n) is 3.20. The predicted molar refractivity (Wildman–Crippen MR) is 88.9 cm³/mol. The van der Waals surface area contributed by atoms with E-state index in [0.717, 1.165) is 6.54 Å². The van der Waals surface area contributed by atoms with Crippen molar-refractivity contribution in [1.82, 2.24) is 5.32 Å². The van der Waals surface area contributed by atoms with Gasteiger partial charge in [-0.15, -0.1) is 0 Å². The predicted octanol–water partition coefficient (Wildman–Crippen LogP) is 5.66. The fourth-order valence-corrected chi connectivity index (χ4v) is 3.50. The van der Waals surface area contributed by atoms with Gasteiger partial charge in [-0.3, -0.25) is 0 Å². The zero-order valence-electron chi connectivity index (χ0n) is 12.5. The summed E-state index contributed by atoms with van der Waals surface area (Å²) in [5.41, 5.74) is 1.36. The third-order valence-electron chi connectivity index (χ3n) is 4.32. The van der Waals surface area contributed by atoms with Crippen LogP contribution in [-0.2, 0) is 0 Å². The van der Waals surface area contributed by atoms with Crippen LogP contribution in [-0.4, -0.2) is 12.6 Å². The molecule has 1 saturated carbocycles. The smallest absolute Gasteiger partial charge is 0.0595 e. The number of hydrogen-bond donors (Lipinski definition) is 1. The van der Waals surface area contributed by atoms with Gasteiger partial charge in [-0.1, -0.05) is 62.4 Å². The van der Waals surface area contributed by atoms with Crippen molar-refractivity contribution in [2.75, 3.05) is 6.54 Å². The highest BCUT2D eigenvalue weighted by molar-refractivity contribution is 6.42. The maximum Gasteiger partial charge on any atom is 0.0595 e. The van der Waals surface area contributed by atoms with Gasteiger partial charge in [0, 0.05) is 6.04 Å². The maximum atomic E-state index is 6.20. The molecular formula is C17H25Cl2N. The first kappa shape index (κ1) is 16.1. The van der Waals surface area contributed by atoms with Gasteiger partial charge in [0.15, 0.2) is 0 Å². The van der Waals surface area contributed by atoms with Crippen LogP contribution in [0.15, 0.2) is 18.2 Å². The topological polar surface area (TPSA) is 12.0 Å². The molecule has 1 nitrogen and oxygen atoms in total. The molecule has 0 heterocycles. The van der Waals surface area contributed by atoms with Crippen molar-refractivity contribution in [3.63, 3.8) is 0 Å². The van der Waals surface area contributed by atoms with Gasteiger partial charge in [0.25, 0.3) is 0 Å². The van der Waals surface area contributed by atoms with Crippen molar-refractivity contribution in [2.24, 2.45) is 5.92 Å². The molecule has 0 bridgehead atoms. The molecule has 0 radical (unpaired) electrons. The van der Waals surface area contributed by atoms with Crippen LogP contribution in [0.5, 0.6) is 0 Å². The van der Waals surface area contributed by atoms with E-state index >= 15 is 0 Å². The Morgan fingerprint density at radius 1 is 1.10 bits per heavy atom. The van der Waals surface area contributed by atoms with Gasteiger partial charge in [0.1, 0.15) is 0 Å². The van der Waals surface area contributed by atoms with Crippen LogP contribution in [0.1, 0.15) is 57.4 Å². The van der Waals surface area contributed by atoms with Gasteiger partial charge in [-0.25, -0.2) is 0 Å². The fraction of sp³-hybridized carbons (Fsp3) is 0.647. The van der Waals surface area contributed by atoms with Crippen LogP contribution in [0.4, 0.5) is 0 Å². The van der Waals surface area contributed by atoms with Gasteiger partial charge in [-0.05, 0) is 48.9 Å². The Labute approximate surface area is 133 Å². The Hall–Kier alpha value is -0.240. The van der Waals surface area contributed by atoms with E-state index < -0.39 is 0 Å². The SMILES string of the molecule is CC(C)NCC1CCCCCC1c1ccc(Cl)c(Cl)c1. The Morgan fingerprint density at radius 2 is 1.85 bits per heavy atom. The summed E-state index contributed by atoms with van der Waals surface area (Å²) in [6.07, 6.45) is 6.61. The number of benzene rings is 1. The van der Waals surface area contributed by atoms with Gasteiger partial charge in [0.2, 0.25) is 0 Å². The molecule has 3 heteroatoms. The van der Waals surface area contributed by atoms with Gasteiger partial charge in [-0.2, -0.15) is 0 Å². The molecule has 1 aromatic rings. The van der Waals surface area contributed by atoms with E-state index in [0.29, 0.717) is 27.9 Å². The van der Waals surface area contributed by atoms with E-state index in [-0.39, 0.29) is 0 Å². The summed E-state index contributed by atoms with van der Waals surface area (Å²) in [6, 6.07) is 6.72.